The van der Waals surface area contributed by atoms with Crippen molar-refractivity contribution in [2.24, 2.45) is 5.16 Å². The van der Waals surface area contributed by atoms with Crippen LogP contribution in [0.5, 0.6) is 11.5 Å². The van der Waals surface area contributed by atoms with E-state index in [1.807, 2.05) is 78.9 Å². The average molecular weight is 412 g/mol. The van der Waals surface area contributed by atoms with E-state index in [-0.39, 0.29) is 5.25 Å². The third kappa shape index (κ3) is 5.78. The molecule has 0 aliphatic carbocycles. The lowest BCUT2D eigenvalue weighted by Gasteiger charge is -2.13. The van der Waals surface area contributed by atoms with Gasteiger partial charge in [0.2, 0.25) is 0 Å². The third-order valence-corrected chi connectivity index (χ3v) is 5.33. The number of hydrogen-bond donors (Lipinski definition) is 0. The molecular formula is C23H22ClNO2S. The first kappa shape index (κ1) is 20.3. The Hall–Kier alpha value is -2.43. The Labute approximate surface area is 175 Å². The van der Waals surface area contributed by atoms with E-state index in [0.29, 0.717) is 11.6 Å². The van der Waals surface area contributed by atoms with Gasteiger partial charge >= 0.3 is 0 Å². The monoisotopic (exact) mass is 411 g/mol. The van der Waals surface area contributed by atoms with Gasteiger partial charge in [-0.2, -0.15) is 11.8 Å². The van der Waals surface area contributed by atoms with Gasteiger partial charge in [-0.1, -0.05) is 59.2 Å². The fourth-order valence-electron chi connectivity index (χ4n) is 2.59. The zero-order chi connectivity index (χ0) is 19.8. The standard InChI is InChI=1S/C23H22ClNO2S/c1-17(28-2)23(19-11-13-20(24)14-12-19)25-26-16-18-7-6-10-22(15-18)27-21-8-4-3-5-9-21/h3-15,17H,16H2,1-2H3/b25-23+/t17-/m1/s1. The first-order chi connectivity index (χ1) is 13.7. The van der Waals surface area contributed by atoms with Crippen LogP contribution in [0.2, 0.25) is 5.02 Å². The van der Waals surface area contributed by atoms with Gasteiger partial charge in [-0.05, 0) is 55.1 Å². The van der Waals surface area contributed by atoms with Crippen molar-refractivity contribution in [2.75, 3.05) is 6.26 Å². The molecule has 1 atom stereocenters. The molecule has 0 saturated carbocycles. The molecule has 3 aromatic carbocycles. The molecule has 0 unspecified atom stereocenters. The van der Waals surface area contributed by atoms with E-state index in [0.717, 1.165) is 28.3 Å². The van der Waals surface area contributed by atoms with Crippen LogP contribution in [0.4, 0.5) is 0 Å². The maximum Gasteiger partial charge on any atom is 0.142 e. The zero-order valence-electron chi connectivity index (χ0n) is 15.8. The van der Waals surface area contributed by atoms with Crippen molar-refractivity contribution in [2.45, 2.75) is 18.8 Å². The lowest BCUT2D eigenvalue weighted by molar-refractivity contribution is 0.130. The Morgan fingerprint density at radius 3 is 2.39 bits per heavy atom. The number of benzene rings is 3. The smallest absolute Gasteiger partial charge is 0.142 e. The van der Waals surface area contributed by atoms with Gasteiger partial charge in [0, 0.05) is 15.8 Å². The van der Waals surface area contributed by atoms with E-state index in [4.69, 9.17) is 21.2 Å². The van der Waals surface area contributed by atoms with Crippen LogP contribution in [0, 0.1) is 0 Å². The van der Waals surface area contributed by atoms with Crippen molar-refractivity contribution < 1.29 is 9.57 Å². The first-order valence-electron chi connectivity index (χ1n) is 8.96. The molecule has 0 aliphatic heterocycles. The van der Waals surface area contributed by atoms with Crippen LogP contribution in [0.25, 0.3) is 0 Å². The molecule has 0 N–H and O–H groups in total. The normalized spacial score (nSPS) is 12.5. The highest BCUT2D eigenvalue weighted by Gasteiger charge is 2.13. The topological polar surface area (TPSA) is 30.8 Å². The molecule has 0 bridgehead atoms. The minimum atomic E-state index is 0.203. The molecule has 0 spiro atoms. The summed E-state index contributed by atoms with van der Waals surface area (Å²) in [5, 5.41) is 5.32. The van der Waals surface area contributed by atoms with E-state index in [9.17, 15) is 0 Å². The summed E-state index contributed by atoms with van der Waals surface area (Å²) in [6.07, 6.45) is 2.06. The van der Waals surface area contributed by atoms with Crippen LogP contribution >= 0.6 is 23.4 Å². The summed E-state index contributed by atoms with van der Waals surface area (Å²) in [6, 6.07) is 25.2. The first-order valence-corrected chi connectivity index (χ1v) is 10.6. The molecule has 144 valence electrons. The Kier molecular flexibility index (Phi) is 7.40. The molecule has 3 rings (SSSR count). The molecule has 0 aliphatic rings. The molecule has 0 aromatic heterocycles. The van der Waals surface area contributed by atoms with Crippen LogP contribution < -0.4 is 4.74 Å². The number of oxime groups is 1. The second kappa shape index (κ2) is 10.2. The summed E-state index contributed by atoms with van der Waals surface area (Å²) < 4.78 is 5.88. The van der Waals surface area contributed by atoms with Crippen LogP contribution in [-0.2, 0) is 11.4 Å². The minimum Gasteiger partial charge on any atom is -0.457 e. The quantitative estimate of drug-likeness (QED) is 0.301. The highest BCUT2D eigenvalue weighted by atomic mass is 35.5. The summed E-state index contributed by atoms with van der Waals surface area (Å²) in [4.78, 5) is 5.68. The maximum atomic E-state index is 6.00. The summed E-state index contributed by atoms with van der Waals surface area (Å²) in [6.45, 7) is 2.47. The number of nitrogens with zero attached hydrogens (tertiary/aromatic N) is 1. The Balaban J connectivity index is 1.69. The van der Waals surface area contributed by atoms with Crippen LogP contribution in [0.1, 0.15) is 18.1 Å². The lowest BCUT2D eigenvalue weighted by atomic mass is 10.1. The molecule has 3 aromatic rings. The highest BCUT2D eigenvalue weighted by Crippen LogP contribution is 2.22. The second-order valence-corrected chi connectivity index (χ2v) is 7.81. The van der Waals surface area contributed by atoms with E-state index in [2.05, 4.69) is 18.3 Å². The summed E-state index contributed by atoms with van der Waals surface area (Å²) in [5.41, 5.74) is 2.89. The van der Waals surface area contributed by atoms with E-state index in [1.165, 1.54) is 0 Å². The molecule has 0 fully saturated rings. The Morgan fingerprint density at radius 1 is 0.964 bits per heavy atom. The molecule has 28 heavy (non-hydrogen) atoms. The molecule has 0 amide bonds. The van der Waals surface area contributed by atoms with Gasteiger partial charge in [0.1, 0.15) is 18.1 Å². The lowest BCUT2D eigenvalue weighted by Crippen LogP contribution is -2.15. The third-order valence-electron chi connectivity index (χ3n) is 4.15. The van der Waals surface area contributed by atoms with Gasteiger partial charge in [-0.25, -0.2) is 0 Å². The van der Waals surface area contributed by atoms with Crippen LogP contribution in [0.15, 0.2) is 84.0 Å². The number of thioether (sulfide) groups is 1. The maximum absolute atomic E-state index is 6.00. The molecule has 5 heteroatoms. The number of para-hydroxylation sites is 1. The van der Waals surface area contributed by atoms with Crippen LogP contribution in [0.3, 0.4) is 0 Å². The molecular weight excluding hydrogens is 390 g/mol. The van der Waals surface area contributed by atoms with E-state index in [1.54, 1.807) is 11.8 Å². The van der Waals surface area contributed by atoms with Crippen molar-refractivity contribution in [3.8, 4) is 11.5 Å². The van der Waals surface area contributed by atoms with Crippen molar-refractivity contribution >= 4 is 29.1 Å². The second-order valence-electron chi connectivity index (χ2n) is 6.20. The van der Waals surface area contributed by atoms with Crippen molar-refractivity contribution in [3.63, 3.8) is 0 Å². The van der Waals surface area contributed by atoms with Crippen molar-refractivity contribution in [1.82, 2.24) is 0 Å². The van der Waals surface area contributed by atoms with Gasteiger partial charge in [-0.15, -0.1) is 0 Å². The van der Waals surface area contributed by atoms with Gasteiger partial charge in [0.15, 0.2) is 0 Å². The zero-order valence-corrected chi connectivity index (χ0v) is 17.4. The van der Waals surface area contributed by atoms with Gasteiger partial charge in [0.05, 0.1) is 5.71 Å². The average Bonchev–Trinajstić information content (AvgIpc) is 2.73. The number of hydrogen-bond acceptors (Lipinski definition) is 4. The van der Waals surface area contributed by atoms with Crippen molar-refractivity contribution in [1.29, 1.82) is 0 Å². The molecule has 0 heterocycles. The largest absolute Gasteiger partial charge is 0.457 e. The minimum absolute atomic E-state index is 0.203. The number of rotatable bonds is 8. The van der Waals surface area contributed by atoms with E-state index < -0.39 is 0 Å². The number of ether oxygens (including phenoxy) is 1. The van der Waals surface area contributed by atoms with Gasteiger partial charge < -0.3 is 9.57 Å². The Bertz CT molecular complexity index is 913. The molecule has 0 saturated heterocycles. The van der Waals surface area contributed by atoms with E-state index >= 15 is 0 Å². The Morgan fingerprint density at radius 2 is 1.68 bits per heavy atom. The highest BCUT2D eigenvalue weighted by molar-refractivity contribution is 7.99. The number of halogens is 1. The summed E-state index contributed by atoms with van der Waals surface area (Å²) >= 11 is 7.72. The molecule has 0 radical (unpaired) electrons. The van der Waals surface area contributed by atoms with Crippen molar-refractivity contribution in [3.05, 3.63) is 95.0 Å². The predicted octanol–water partition coefficient (Wildman–Crippen LogP) is 6.80. The van der Waals surface area contributed by atoms with Gasteiger partial charge in [0.25, 0.3) is 0 Å². The SMILES string of the molecule is CS[C@H](C)/C(=N\OCc1cccc(Oc2ccccc2)c1)c1ccc(Cl)cc1. The fourth-order valence-corrected chi connectivity index (χ4v) is 3.12. The fraction of sp³-hybridized carbons (Fsp3) is 0.174. The van der Waals surface area contributed by atoms with Gasteiger partial charge in [-0.3, -0.25) is 0 Å². The summed E-state index contributed by atoms with van der Waals surface area (Å²) in [5.74, 6) is 1.57. The predicted molar refractivity (Wildman–Crippen MR) is 119 cm³/mol. The summed E-state index contributed by atoms with van der Waals surface area (Å²) in [7, 11) is 0. The molecule has 3 nitrogen and oxygen atoms in total. The van der Waals surface area contributed by atoms with Crippen LogP contribution in [-0.4, -0.2) is 17.2 Å².